The molecule has 0 N–H and O–H groups in total. The van der Waals surface area contributed by atoms with E-state index >= 15 is 0 Å². The van der Waals surface area contributed by atoms with Gasteiger partial charge in [-0.3, -0.25) is 9.98 Å². The number of aromatic nitrogens is 1. The Balaban J connectivity index is 2.38. The summed E-state index contributed by atoms with van der Waals surface area (Å²) in [6.07, 6.45) is 15.4. The van der Waals surface area contributed by atoms with Crippen LogP contribution in [0.5, 0.6) is 0 Å². The molecule has 0 spiro atoms. The van der Waals surface area contributed by atoms with Gasteiger partial charge in [-0.1, -0.05) is 190 Å². The Morgan fingerprint density at radius 1 is 0.500 bits per heavy atom. The van der Waals surface area contributed by atoms with Gasteiger partial charge in [0.05, 0.1) is 50.3 Å². The summed E-state index contributed by atoms with van der Waals surface area (Å²) < 4.78 is 0. The van der Waals surface area contributed by atoms with Crippen molar-refractivity contribution in [3.05, 3.63) is 86.7 Å². The van der Waals surface area contributed by atoms with Crippen LogP contribution in [-0.4, -0.2) is 32.6 Å². The first-order chi connectivity index (χ1) is 26.9. The van der Waals surface area contributed by atoms with Crippen LogP contribution in [0.3, 0.4) is 0 Å². The highest BCUT2D eigenvalue weighted by Gasteiger charge is 2.35. The van der Waals surface area contributed by atoms with Crippen LogP contribution < -0.4 is 0 Å². The largest absolute Gasteiger partial charge is 0.251 e. The van der Waals surface area contributed by atoms with Crippen LogP contribution in [0, 0.1) is 34.6 Å². The van der Waals surface area contributed by atoms with E-state index in [-0.39, 0.29) is 0 Å². The summed E-state index contributed by atoms with van der Waals surface area (Å²) in [4.78, 5) is 17.2. The Bertz CT molecular complexity index is 1500. The molecule has 0 amide bonds. The third kappa shape index (κ3) is 14.5. The highest BCUT2D eigenvalue weighted by molar-refractivity contribution is 6.83. The van der Waals surface area contributed by atoms with Gasteiger partial charge in [-0.15, -0.1) is 0 Å². The number of halogens is 1. The Morgan fingerprint density at radius 3 is 1.11 bits per heavy atom. The molecule has 0 radical (unpaired) electrons. The van der Waals surface area contributed by atoms with E-state index in [1.807, 2.05) is 0 Å². The Hall–Kier alpha value is -2.35. The molecule has 3 aromatic rings. The summed E-state index contributed by atoms with van der Waals surface area (Å²) in [5.74, 6) is 0. The fourth-order valence-corrected chi connectivity index (χ4v) is 20.6. The van der Waals surface area contributed by atoms with E-state index in [1.165, 1.54) is 141 Å². The summed E-state index contributed by atoms with van der Waals surface area (Å²) in [7, 11) is -3.45. The van der Waals surface area contributed by atoms with Crippen molar-refractivity contribution in [2.45, 2.75) is 202 Å². The lowest BCUT2D eigenvalue weighted by Crippen LogP contribution is -2.37. The molecule has 56 heavy (non-hydrogen) atoms. The lowest BCUT2D eigenvalue weighted by atomic mass is 10.1. The number of hydrogen-bond acceptors (Lipinski definition) is 3. The van der Waals surface area contributed by atoms with Crippen LogP contribution in [0.1, 0.15) is 158 Å². The summed E-state index contributed by atoms with van der Waals surface area (Å²) in [5, 5.41) is 0.780. The molecule has 310 valence electrons. The number of hydrogen-bond donors (Lipinski definition) is 0. The second kappa shape index (κ2) is 24.5. The fraction of sp³-hybridized carbons (Fsp3) is 0.620. The van der Waals surface area contributed by atoms with E-state index in [0.29, 0.717) is 0 Å². The van der Waals surface area contributed by atoms with E-state index in [1.54, 1.807) is 0 Å². The SMILES string of the molecule is CCCC[Si](CCCC)(CCCC)CC(=Nc1c(C)cc(C)cc1C)c1cccc(C(C[Si](CCCC)(CCCC)CCCC)=Nc2c(C)cc(Cl)cc2C)n1. The molecule has 1 heterocycles. The number of aryl methyl sites for hydroxylation is 5. The number of rotatable bonds is 26. The third-order valence-electron chi connectivity index (χ3n) is 12.4. The predicted molar refractivity (Wildman–Crippen MR) is 258 cm³/mol. The Labute approximate surface area is 352 Å². The smallest absolute Gasteiger partial charge is 0.0849 e. The molecule has 1 aromatic heterocycles. The predicted octanol–water partition coefficient (Wildman–Crippen LogP) is 17.2. The van der Waals surface area contributed by atoms with Crippen molar-refractivity contribution in [1.82, 2.24) is 4.98 Å². The molecule has 0 saturated carbocycles. The minimum atomic E-state index is -1.73. The highest BCUT2D eigenvalue weighted by Crippen LogP contribution is 2.38. The van der Waals surface area contributed by atoms with Gasteiger partial charge in [-0.25, -0.2) is 4.98 Å². The van der Waals surface area contributed by atoms with Crippen molar-refractivity contribution < 1.29 is 0 Å². The van der Waals surface area contributed by atoms with E-state index < -0.39 is 16.1 Å². The van der Waals surface area contributed by atoms with Gasteiger partial charge >= 0.3 is 0 Å². The van der Waals surface area contributed by atoms with Gasteiger partial charge in [-0.2, -0.15) is 0 Å². The first-order valence-electron chi connectivity index (χ1n) is 22.9. The zero-order chi connectivity index (χ0) is 41.1. The molecule has 0 atom stereocenters. The van der Waals surface area contributed by atoms with E-state index in [0.717, 1.165) is 51.0 Å². The van der Waals surface area contributed by atoms with E-state index in [4.69, 9.17) is 26.6 Å². The maximum absolute atomic E-state index is 6.59. The van der Waals surface area contributed by atoms with Crippen LogP contribution >= 0.6 is 11.6 Å². The molecule has 2 aromatic carbocycles. The molecule has 0 saturated heterocycles. The van der Waals surface area contributed by atoms with Gasteiger partial charge in [0.15, 0.2) is 0 Å². The third-order valence-corrected chi connectivity index (χ3v) is 23.2. The van der Waals surface area contributed by atoms with E-state index in [9.17, 15) is 0 Å². The Morgan fingerprint density at radius 2 is 0.804 bits per heavy atom. The van der Waals surface area contributed by atoms with Crippen LogP contribution in [0.2, 0.25) is 53.4 Å². The number of unbranched alkanes of at least 4 members (excludes halogenated alkanes) is 6. The average molecular weight is 815 g/mol. The second-order valence-electron chi connectivity index (χ2n) is 17.6. The Kier molecular flexibility index (Phi) is 21.1. The van der Waals surface area contributed by atoms with Gasteiger partial charge in [0.2, 0.25) is 0 Å². The van der Waals surface area contributed by atoms with Crippen LogP contribution in [0.25, 0.3) is 0 Å². The molecule has 3 rings (SSSR count). The summed E-state index contributed by atoms with van der Waals surface area (Å²) >= 11 is 6.59. The number of aliphatic imine (C=N–C) groups is 2. The summed E-state index contributed by atoms with van der Waals surface area (Å²) in [5.41, 5.74) is 12.8. The van der Waals surface area contributed by atoms with Gasteiger partial charge in [0.1, 0.15) is 0 Å². The quantitative estimate of drug-likeness (QED) is 0.0587. The first-order valence-corrected chi connectivity index (χ1v) is 28.9. The molecule has 0 aliphatic carbocycles. The molecule has 0 bridgehead atoms. The van der Waals surface area contributed by atoms with Gasteiger partial charge in [0, 0.05) is 5.02 Å². The fourth-order valence-electron chi connectivity index (χ4n) is 9.13. The molecule has 0 aliphatic rings. The summed E-state index contributed by atoms with van der Waals surface area (Å²) in [6.45, 7) is 25.2. The molecule has 3 nitrogen and oxygen atoms in total. The maximum atomic E-state index is 6.59. The normalized spacial score (nSPS) is 12.9. The molecule has 0 aliphatic heterocycles. The molecular formula is C50H80ClN3Si2. The zero-order valence-corrected chi connectivity index (χ0v) is 40.7. The van der Waals surface area contributed by atoms with Gasteiger partial charge in [-0.05, 0) is 93.2 Å². The minimum absolute atomic E-state index is 0.780. The van der Waals surface area contributed by atoms with Crippen molar-refractivity contribution in [2.24, 2.45) is 9.98 Å². The van der Waals surface area contributed by atoms with Crippen molar-refractivity contribution in [1.29, 1.82) is 0 Å². The lowest BCUT2D eigenvalue weighted by molar-refractivity contribution is 0.791. The molecular weight excluding hydrogens is 734 g/mol. The van der Waals surface area contributed by atoms with Gasteiger partial charge in [0.25, 0.3) is 0 Å². The number of benzene rings is 2. The first kappa shape index (κ1) is 48.0. The van der Waals surface area contributed by atoms with Crippen molar-refractivity contribution in [3.63, 3.8) is 0 Å². The summed E-state index contributed by atoms with van der Waals surface area (Å²) in [6, 6.07) is 26.0. The topological polar surface area (TPSA) is 37.6 Å². The van der Waals surface area contributed by atoms with Crippen molar-refractivity contribution in [3.8, 4) is 0 Å². The standard InChI is InChI=1S/C50H80ClN3Si2/c1-12-18-27-55(28-19-13-2,29-20-14-3)37-47(53-49-40(8)33-39(7)34-41(49)9)45-25-24-26-46(52-45)48(54-50-42(10)35-44(51)36-43(50)11)38-56(30-21-15-4,31-22-16-5)32-23-17-6/h24-26,33-36H,12-23,27-32,37-38H2,1-11H3. The van der Waals surface area contributed by atoms with Crippen LogP contribution in [-0.2, 0) is 0 Å². The molecule has 0 unspecified atom stereocenters. The monoisotopic (exact) mass is 814 g/mol. The number of pyridine rings is 1. The zero-order valence-electron chi connectivity index (χ0n) is 37.9. The van der Waals surface area contributed by atoms with Gasteiger partial charge < -0.3 is 0 Å². The van der Waals surface area contributed by atoms with Crippen LogP contribution in [0.4, 0.5) is 11.4 Å². The highest BCUT2D eigenvalue weighted by atomic mass is 35.5. The number of nitrogens with zero attached hydrogens (tertiary/aromatic N) is 3. The average Bonchev–Trinajstić information content (AvgIpc) is 3.17. The molecule has 0 fully saturated rings. The lowest BCUT2D eigenvalue weighted by Gasteiger charge is -2.34. The maximum Gasteiger partial charge on any atom is 0.0849 e. The van der Waals surface area contributed by atoms with Crippen LogP contribution in [0.15, 0.2) is 52.4 Å². The molecule has 6 heteroatoms. The second-order valence-corrected chi connectivity index (χ2v) is 27.8. The van der Waals surface area contributed by atoms with E-state index in [2.05, 4.69) is 119 Å². The van der Waals surface area contributed by atoms with Crippen molar-refractivity contribution >= 4 is 50.5 Å². The van der Waals surface area contributed by atoms with Crippen molar-refractivity contribution in [2.75, 3.05) is 0 Å². The minimum Gasteiger partial charge on any atom is -0.251 e.